The van der Waals surface area contributed by atoms with Gasteiger partial charge in [0.1, 0.15) is 5.75 Å². The molecule has 0 spiro atoms. The second kappa shape index (κ2) is 8.12. The highest BCUT2D eigenvalue weighted by atomic mass is 35.5. The molecule has 0 bridgehead atoms. The minimum atomic E-state index is 0.692. The predicted octanol–water partition coefficient (Wildman–Crippen LogP) is 2.60. The number of nitrogens with one attached hydrogen (secondary N) is 1. The molecule has 1 aromatic rings. The molecule has 0 aliphatic heterocycles. The van der Waals surface area contributed by atoms with Crippen molar-refractivity contribution in [1.82, 2.24) is 5.32 Å². The topological polar surface area (TPSA) is 30.5 Å². The van der Waals surface area contributed by atoms with Gasteiger partial charge in [-0.15, -0.1) is 0 Å². The van der Waals surface area contributed by atoms with Crippen LogP contribution in [0.2, 0.25) is 5.02 Å². The monoisotopic (exact) mass is 255 g/mol. The van der Waals surface area contributed by atoms with Crippen molar-refractivity contribution in [3.63, 3.8) is 0 Å². The molecular weight excluding hydrogens is 238 g/mol. The first-order valence-electron chi connectivity index (χ1n) is 5.48. The fourth-order valence-corrected chi connectivity index (χ4v) is 1.62. The highest BCUT2D eigenvalue weighted by Crippen LogP contribution is 2.27. The number of methoxy groups -OCH3 is 2. The maximum Gasteiger partial charge on any atom is 0.127 e. The lowest BCUT2D eigenvalue weighted by Gasteiger charge is -2.06. The van der Waals surface area contributed by atoms with Crippen LogP contribution in [0, 0.1) is 0 Å². The zero-order chi connectivity index (χ0) is 12.5. The van der Waals surface area contributed by atoms with Crippen LogP contribution >= 0.6 is 11.6 Å². The van der Waals surface area contributed by atoms with E-state index >= 15 is 0 Å². The number of benzene rings is 1. The summed E-state index contributed by atoms with van der Waals surface area (Å²) in [5.41, 5.74) is 0.908. The van der Waals surface area contributed by atoms with Crippen molar-refractivity contribution in [2.24, 2.45) is 0 Å². The highest BCUT2D eigenvalue weighted by Gasteiger charge is 2.02. The van der Waals surface area contributed by atoms with Crippen LogP contribution in [-0.2, 0) is 4.74 Å². The van der Waals surface area contributed by atoms with Crippen molar-refractivity contribution in [2.75, 3.05) is 33.9 Å². The molecule has 17 heavy (non-hydrogen) atoms. The Morgan fingerprint density at radius 1 is 1.35 bits per heavy atom. The molecule has 0 saturated heterocycles. The predicted molar refractivity (Wildman–Crippen MR) is 71.8 cm³/mol. The molecule has 0 aliphatic carbocycles. The Morgan fingerprint density at radius 2 is 2.18 bits per heavy atom. The highest BCUT2D eigenvalue weighted by molar-refractivity contribution is 6.32. The van der Waals surface area contributed by atoms with Crippen molar-refractivity contribution in [2.45, 2.75) is 0 Å². The summed E-state index contributed by atoms with van der Waals surface area (Å²) in [6.45, 7) is 2.32. The standard InChI is InChI=1S/C13H18ClNO2/c1-16-10-9-15-8-4-5-11-12(14)6-3-7-13(11)17-2/h3-7,15H,8-10H2,1-2H3/b5-4+. The molecule has 1 rings (SSSR count). The van der Waals surface area contributed by atoms with Gasteiger partial charge in [-0.05, 0) is 12.1 Å². The van der Waals surface area contributed by atoms with Gasteiger partial charge >= 0.3 is 0 Å². The molecule has 0 heterocycles. The maximum atomic E-state index is 6.10. The van der Waals surface area contributed by atoms with Gasteiger partial charge in [0.05, 0.1) is 18.7 Å². The summed E-state index contributed by atoms with van der Waals surface area (Å²) in [5.74, 6) is 0.783. The lowest BCUT2D eigenvalue weighted by Crippen LogP contribution is -2.18. The van der Waals surface area contributed by atoms with E-state index in [0.717, 1.165) is 24.4 Å². The molecule has 94 valence electrons. The van der Waals surface area contributed by atoms with Crippen molar-refractivity contribution >= 4 is 17.7 Å². The molecule has 0 atom stereocenters. The Balaban J connectivity index is 2.52. The van der Waals surface area contributed by atoms with Gasteiger partial charge in [-0.25, -0.2) is 0 Å². The second-order valence-corrected chi connectivity index (χ2v) is 3.86. The van der Waals surface area contributed by atoms with Gasteiger partial charge in [-0.1, -0.05) is 29.8 Å². The van der Waals surface area contributed by atoms with Gasteiger partial charge in [-0.3, -0.25) is 0 Å². The zero-order valence-corrected chi connectivity index (χ0v) is 11.0. The first-order chi connectivity index (χ1) is 8.29. The summed E-state index contributed by atoms with van der Waals surface area (Å²) >= 11 is 6.10. The summed E-state index contributed by atoms with van der Waals surface area (Å²) in [4.78, 5) is 0. The number of hydrogen-bond acceptors (Lipinski definition) is 3. The number of ether oxygens (including phenoxy) is 2. The Kier molecular flexibility index (Phi) is 6.70. The van der Waals surface area contributed by atoms with Gasteiger partial charge < -0.3 is 14.8 Å². The van der Waals surface area contributed by atoms with Crippen LogP contribution in [0.1, 0.15) is 5.56 Å². The Morgan fingerprint density at radius 3 is 2.88 bits per heavy atom. The number of hydrogen-bond donors (Lipinski definition) is 1. The third-order valence-corrected chi connectivity index (χ3v) is 2.59. The fourth-order valence-electron chi connectivity index (χ4n) is 1.39. The normalized spacial score (nSPS) is 11.0. The van der Waals surface area contributed by atoms with Crippen LogP contribution in [0.4, 0.5) is 0 Å². The largest absolute Gasteiger partial charge is 0.496 e. The molecule has 0 aromatic heterocycles. The van der Waals surface area contributed by atoms with E-state index in [9.17, 15) is 0 Å². The molecule has 0 saturated carbocycles. The van der Waals surface area contributed by atoms with Gasteiger partial charge in [0.15, 0.2) is 0 Å². The molecule has 1 aromatic carbocycles. The van der Waals surface area contributed by atoms with E-state index in [1.807, 2.05) is 30.4 Å². The summed E-state index contributed by atoms with van der Waals surface area (Å²) in [6, 6.07) is 5.61. The first kappa shape index (κ1) is 14.0. The van der Waals surface area contributed by atoms with E-state index in [4.69, 9.17) is 21.1 Å². The third-order valence-electron chi connectivity index (χ3n) is 2.26. The lowest BCUT2D eigenvalue weighted by atomic mass is 10.2. The van der Waals surface area contributed by atoms with E-state index in [1.165, 1.54) is 0 Å². The van der Waals surface area contributed by atoms with E-state index in [0.29, 0.717) is 11.6 Å². The molecule has 0 unspecified atom stereocenters. The van der Waals surface area contributed by atoms with Crippen LogP contribution < -0.4 is 10.1 Å². The Hall–Kier alpha value is -1.03. The molecular formula is C13H18ClNO2. The van der Waals surface area contributed by atoms with E-state index < -0.39 is 0 Å². The number of halogens is 1. The average molecular weight is 256 g/mol. The molecule has 3 nitrogen and oxygen atoms in total. The van der Waals surface area contributed by atoms with Crippen molar-refractivity contribution in [3.05, 3.63) is 34.9 Å². The maximum absolute atomic E-state index is 6.10. The lowest BCUT2D eigenvalue weighted by molar-refractivity contribution is 0.200. The van der Waals surface area contributed by atoms with Crippen LogP contribution in [0.15, 0.2) is 24.3 Å². The smallest absolute Gasteiger partial charge is 0.127 e. The summed E-state index contributed by atoms with van der Waals surface area (Å²) in [6.07, 6.45) is 3.97. The van der Waals surface area contributed by atoms with E-state index in [1.54, 1.807) is 14.2 Å². The number of rotatable bonds is 7. The Labute approximate surface area is 107 Å². The SMILES string of the molecule is COCCNC/C=C/c1c(Cl)cccc1OC. The first-order valence-corrected chi connectivity index (χ1v) is 5.86. The van der Waals surface area contributed by atoms with Crippen LogP contribution in [-0.4, -0.2) is 33.9 Å². The molecule has 0 amide bonds. The Bertz CT molecular complexity index is 366. The van der Waals surface area contributed by atoms with Crippen molar-refractivity contribution in [1.29, 1.82) is 0 Å². The second-order valence-electron chi connectivity index (χ2n) is 3.46. The van der Waals surface area contributed by atoms with Crippen LogP contribution in [0.5, 0.6) is 5.75 Å². The molecule has 0 radical (unpaired) electrons. The zero-order valence-electron chi connectivity index (χ0n) is 10.2. The van der Waals surface area contributed by atoms with Crippen molar-refractivity contribution < 1.29 is 9.47 Å². The molecule has 0 fully saturated rings. The van der Waals surface area contributed by atoms with Gasteiger partial charge in [0.2, 0.25) is 0 Å². The van der Waals surface area contributed by atoms with Crippen molar-refractivity contribution in [3.8, 4) is 5.75 Å². The van der Waals surface area contributed by atoms with Gasteiger partial charge in [0.25, 0.3) is 0 Å². The molecule has 1 N–H and O–H groups in total. The van der Waals surface area contributed by atoms with Gasteiger partial charge in [0, 0.05) is 25.8 Å². The van der Waals surface area contributed by atoms with E-state index in [-0.39, 0.29) is 0 Å². The summed E-state index contributed by atoms with van der Waals surface area (Å²) in [7, 11) is 3.33. The van der Waals surface area contributed by atoms with Gasteiger partial charge in [-0.2, -0.15) is 0 Å². The summed E-state index contributed by atoms with van der Waals surface area (Å²) < 4.78 is 10.2. The average Bonchev–Trinajstić information content (AvgIpc) is 2.35. The summed E-state index contributed by atoms with van der Waals surface area (Å²) in [5, 5.41) is 3.91. The fraction of sp³-hybridized carbons (Fsp3) is 0.385. The van der Waals surface area contributed by atoms with E-state index in [2.05, 4.69) is 5.32 Å². The quantitative estimate of drug-likeness (QED) is 0.760. The van der Waals surface area contributed by atoms with Crippen LogP contribution in [0.3, 0.4) is 0 Å². The van der Waals surface area contributed by atoms with Crippen LogP contribution in [0.25, 0.3) is 6.08 Å². The minimum Gasteiger partial charge on any atom is -0.496 e. The molecule has 4 heteroatoms. The third kappa shape index (κ3) is 4.77. The minimum absolute atomic E-state index is 0.692. The molecule has 0 aliphatic rings.